The first-order valence-corrected chi connectivity index (χ1v) is 9.28. The van der Waals surface area contributed by atoms with Crippen molar-refractivity contribution in [3.8, 4) is 5.75 Å². The molecule has 7 heteroatoms. The number of halogens is 1. The lowest BCUT2D eigenvalue weighted by molar-refractivity contribution is -0.130. The highest BCUT2D eigenvalue weighted by atomic mass is 19.1. The van der Waals surface area contributed by atoms with Gasteiger partial charge in [0, 0.05) is 0 Å². The topological polar surface area (TPSA) is 75.7 Å². The molecule has 0 unspecified atom stereocenters. The Morgan fingerprint density at radius 1 is 1.17 bits per heavy atom. The predicted molar refractivity (Wildman–Crippen MR) is 105 cm³/mol. The first-order chi connectivity index (χ1) is 13.7. The molecule has 0 spiro atoms. The van der Waals surface area contributed by atoms with E-state index in [1.165, 1.54) is 19.2 Å². The molecule has 1 fully saturated rings. The number of hydrogen-bond acceptors (Lipinski definition) is 4. The van der Waals surface area contributed by atoms with E-state index in [-0.39, 0.29) is 11.3 Å². The van der Waals surface area contributed by atoms with Crippen LogP contribution in [0, 0.1) is 5.82 Å². The second-order valence-corrected chi connectivity index (χ2v) is 7.49. The van der Waals surface area contributed by atoms with Crippen LogP contribution >= 0.6 is 0 Å². The smallest absolute Gasteiger partial charge is 0.325 e. The minimum Gasteiger partial charge on any atom is -0.496 e. The molecule has 0 aromatic heterocycles. The van der Waals surface area contributed by atoms with Crippen molar-refractivity contribution in [2.45, 2.75) is 32.2 Å². The van der Waals surface area contributed by atoms with E-state index in [1.54, 1.807) is 19.1 Å². The molecule has 2 aromatic rings. The lowest BCUT2D eigenvalue weighted by Crippen LogP contribution is -2.41. The van der Waals surface area contributed by atoms with Crippen molar-refractivity contribution in [1.82, 2.24) is 10.2 Å². The summed E-state index contributed by atoms with van der Waals surface area (Å²) in [6.45, 7) is 5.22. The molecule has 0 bridgehead atoms. The normalized spacial score (nSPS) is 18.9. The van der Waals surface area contributed by atoms with E-state index >= 15 is 0 Å². The second-order valence-electron chi connectivity index (χ2n) is 7.49. The average Bonchev–Trinajstić information content (AvgIpc) is 2.92. The summed E-state index contributed by atoms with van der Waals surface area (Å²) in [6, 6.07) is 10.3. The van der Waals surface area contributed by atoms with Gasteiger partial charge in [-0.2, -0.15) is 0 Å². The molecule has 0 saturated carbocycles. The highest BCUT2D eigenvalue weighted by Crippen LogP contribution is 2.30. The number of Topliss-reactive ketones (excluding diaryl/α,β-unsaturated/α-hetero) is 1. The summed E-state index contributed by atoms with van der Waals surface area (Å²) >= 11 is 0. The molecule has 3 rings (SSSR count). The maximum atomic E-state index is 13.6. The quantitative estimate of drug-likeness (QED) is 0.596. The molecule has 1 aliphatic heterocycles. The van der Waals surface area contributed by atoms with Gasteiger partial charge in [-0.1, -0.05) is 38.1 Å². The number of methoxy groups -OCH3 is 1. The summed E-state index contributed by atoms with van der Waals surface area (Å²) in [6.07, 6.45) is 0. The van der Waals surface area contributed by atoms with Crippen LogP contribution in [0.3, 0.4) is 0 Å². The lowest BCUT2D eigenvalue weighted by Gasteiger charge is -2.23. The number of ether oxygens (including phenoxy) is 1. The third-order valence-corrected chi connectivity index (χ3v) is 5.19. The van der Waals surface area contributed by atoms with Gasteiger partial charge in [0.25, 0.3) is 5.91 Å². The van der Waals surface area contributed by atoms with E-state index in [9.17, 15) is 18.8 Å². The maximum Gasteiger partial charge on any atom is 0.325 e. The molecule has 152 valence electrons. The number of imide groups is 1. The van der Waals surface area contributed by atoms with Crippen LogP contribution in [0.5, 0.6) is 5.75 Å². The van der Waals surface area contributed by atoms with Crippen LogP contribution in [0.15, 0.2) is 42.5 Å². The van der Waals surface area contributed by atoms with Crippen molar-refractivity contribution in [2.75, 3.05) is 13.7 Å². The lowest BCUT2D eigenvalue weighted by atomic mass is 9.90. The fourth-order valence-corrected chi connectivity index (χ4v) is 3.36. The van der Waals surface area contributed by atoms with Gasteiger partial charge < -0.3 is 10.1 Å². The summed E-state index contributed by atoms with van der Waals surface area (Å²) in [7, 11) is 1.36. The Bertz CT molecular complexity index is 971. The predicted octanol–water partition coefficient (Wildman–Crippen LogP) is 3.61. The van der Waals surface area contributed by atoms with Crippen molar-refractivity contribution < 1.29 is 23.5 Å². The van der Waals surface area contributed by atoms with E-state index in [2.05, 4.69) is 19.2 Å². The number of carbonyl (C=O) groups excluding carboxylic acids is 3. The molecular weight excluding hydrogens is 375 g/mol. The molecule has 2 aromatic carbocycles. The molecule has 29 heavy (non-hydrogen) atoms. The van der Waals surface area contributed by atoms with Crippen LogP contribution in [-0.4, -0.2) is 36.3 Å². The fourth-order valence-electron chi connectivity index (χ4n) is 3.36. The molecular formula is C22H23FN2O4. The Balaban J connectivity index is 1.85. The van der Waals surface area contributed by atoms with Gasteiger partial charge in [-0.05, 0) is 42.2 Å². The Hall–Kier alpha value is -3.22. The number of nitrogens with one attached hydrogen (secondary N) is 1. The maximum absolute atomic E-state index is 13.6. The summed E-state index contributed by atoms with van der Waals surface area (Å²) < 4.78 is 18.7. The summed E-state index contributed by atoms with van der Waals surface area (Å²) in [4.78, 5) is 39.0. The van der Waals surface area contributed by atoms with Gasteiger partial charge in [-0.25, -0.2) is 9.18 Å². The third kappa shape index (κ3) is 3.72. The highest BCUT2D eigenvalue weighted by Gasteiger charge is 2.49. The minimum atomic E-state index is -1.28. The van der Waals surface area contributed by atoms with Crippen LogP contribution in [0.4, 0.5) is 9.18 Å². The van der Waals surface area contributed by atoms with Crippen LogP contribution in [0.2, 0.25) is 0 Å². The number of carbonyl (C=O) groups is 3. The Morgan fingerprint density at radius 2 is 1.83 bits per heavy atom. The average molecular weight is 398 g/mol. The van der Waals surface area contributed by atoms with Crippen molar-refractivity contribution in [2.24, 2.45) is 0 Å². The Morgan fingerprint density at radius 3 is 2.41 bits per heavy atom. The monoisotopic (exact) mass is 398 g/mol. The van der Waals surface area contributed by atoms with Crippen molar-refractivity contribution in [3.05, 3.63) is 65.0 Å². The summed E-state index contributed by atoms with van der Waals surface area (Å²) in [5.41, 5.74) is 0.430. The molecule has 1 aliphatic rings. The van der Waals surface area contributed by atoms with Gasteiger partial charge in [-0.15, -0.1) is 0 Å². The summed E-state index contributed by atoms with van der Waals surface area (Å²) in [5.74, 6) is -1.23. The number of nitrogens with zero attached hydrogens (tertiary/aromatic N) is 1. The van der Waals surface area contributed by atoms with Crippen molar-refractivity contribution >= 4 is 17.7 Å². The van der Waals surface area contributed by atoms with Gasteiger partial charge in [0.2, 0.25) is 0 Å². The number of amides is 3. The number of benzene rings is 2. The molecule has 0 radical (unpaired) electrons. The van der Waals surface area contributed by atoms with E-state index in [1.807, 2.05) is 12.1 Å². The van der Waals surface area contributed by atoms with Gasteiger partial charge in [0.05, 0.1) is 19.2 Å². The van der Waals surface area contributed by atoms with Crippen LogP contribution < -0.4 is 10.1 Å². The zero-order valence-corrected chi connectivity index (χ0v) is 16.8. The minimum absolute atomic E-state index is 0.0250. The molecule has 6 nitrogen and oxygen atoms in total. The summed E-state index contributed by atoms with van der Waals surface area (Å²) in [5, 5.41) is 2.67. The number of ketones is 1. The van der Waals surface area contributed by atoms with Gasteiger partial charge >= 0.3 is 6.03 Å². The number of rotatable bonds is 6. The van der Waals surface area contributed by atoms with Crippen molar-refractivity contribution in [1.29, 1.82) is 0 Å². The van der Waals surface area contributed by atoms with Crippen LogP contribution in [-0.2, 0) is 10.3 Å². The Labute approximate surface area is 168 Å². The van der Waals surface area contributed by atoms with Gasteiger partial charge in [0.15, 0.2) is 5.78 Å². The first-order valence-electron chi connectivity index (χ1n) is 9.28. The van der Waals surface area contributed by atoms with Gasteiger partial charge in [-0.3, -0.25) is 14.5 Å². The van der Waals surface area contributed by atoms with E-state index in [4.69, 9.17) is 4.74 Å². The fraction of sp³-hybridized carbons (Fsp3) is 0.318. The zero-order valence-electron chi connectivity index (χ0n) is 16.8. The van der Waals surface area contributed by atoms with Crippen LogP contribution in [0.1, 0.15) is 48.2 Å². The molecule has 1 heterocycles. The molecule has 0 aliphatic carbocycles. The Kier molecular flexibility index (Phi) is 5.42. The van der Waals surface area contributed by atoms with Gasteiger partial charge in [0.1, 0.15) is 17.1 Å². The second kappa shape index (κ2) is 7.66. The van der Waals surface area contributed by atoms with E-state index in [0.717, 1.165) is 16.5 Å². The standard InChI is InChI=1S/C22H23FN2O4/c1-13(2)14-5-7-15(8-6-14)22(3)20(27)25(21(28)24-22)12-18(26)17-11-16(23)9-10-19(17)29-4/h5-11,13H,12H2,1-4H3,(H,24,28)/t22-/m1/s1. The molecule has 3 amide bonds. The molecule has 1 saturated heterocycles. The highest BCUT2D eigenvalue weighted by molar-refractivity contribution is 6.11. The first kappa shape index (κ1) is 20.5. The molecule has 1 atom stereocenters. The molecule has 1 N–H and O–H groups in total. The largest absolute Gasteiger partial charge is 0.496 e. The SMILES string of the molecule is COc1ccc(F)cc1C(=O)CN1C(=O)N[C@](C)(c2ccc(C(C)C)cc2)C1=O. The van der Waals surface area contributed by atoms with E-state index < -0.39 is 35.6 Å². The van der Waals surface area contributed by atoms with Crippen LogP contribution in [0.25, 0.3) is 0 Å². The zero-order chi connectivity index (χ0) is 21.3. The number of hydrogen-bond donors (Lipinski definition) is 1. The van der Waals surface area contributed by atoms with Crippen molar-refractivity contribution in [3.63, 3.8) is 0 Å². The van der Waals surface area contributed by atoms with E-state index in [0.29, 0.717) is 11.5 Å². The third-order valence-electron chi connectivity index (χ3n) is 5.19. The number of urea groups is 1.